The van der Waals surface area contributed by atoms with Gasteiger partial charge in [-0.15, -0.1) is 0 Å². The molecule has 4 atom stereocenters. The number of esters is 1. The number of carbonyl (C=O) groups excluding carboxylic acids is 1. The quantitative estimate of drug-likeness (QED) is 0.658. The molecule has 0 radical (unpaired) electrons. The van der Waals surface area contributed by atoms with E-state index in [-0.39, 0.29) is 18.0 Å². The molecule has 0 aromatic rings. The predicted octanol–water partition coefficient (Wildman–Crippen LogP) is 3.50. The Labute approximate surface area is 162 Å². The maximum Gasteiger partial charge on any atom is 0.334 e. The zero-order valence-electron chi connectivity index (χ0n) is 16.5. The zero-order valence-corrected chi connectivity index (χ0v) is 16.5. The molecule has 1 saturated carbocycles. The molecule has 2 heterocycles. The number of hydrogen-bond acceptors (Lipinski definition) is 5. The van der Waals surface area contributed by atoms with Crippen LogP contribution in [0.4, 0.5) is 0 Å². The van der Waals surface area contributed by atoms with Gasteiger partial charge < -0.3 is 19.5 Å². The van der Waals surface area contributed by atoms with Crippen molar-refractivity contribution in [1.29, 1.82) is 0 Å². The minimum Gasteiger partial charge on any atom is -0.493 e. The van der Waals surface area contributed by atoms with Crippen molar-refractivity contribution in [2.45, 2.75) is 70.4 Å². The van der Waals surface area contributed by atoms with Crippen LogP contribution in [0.5, 0.6) is 0 Å². The van der Waals surface area contributed by atoms with Gasteiger partial charge in [0.2, 0.25) is 0 Å². The third-order valence-electron chi connectivity index (χ3n) is 6.77. The number of carbonyl (C=O) groups is 1. The Morgan fingerprint density at radius 1 is 1.30 bits per heavy atom. The number of fused-ring (bicyclic) bond motifs is 1. The summed E-state index contributed by atoms with van der Waals surface area (Å²) in [7, 11) is 0. The fourth-order valence-corrected chi connectivity index (χ4v) is 5.19. The highest BCUT2D eigenvalue weighted by Crippen LogP contribution is 2.37. The number of cyclic esters (lactones) is 1. The maximum atomic E-state index is 11.6. The molecule has 3 fully saturated rings. The molecule has 0 amide bonds. The molecule has 0 aromatic carbocycles. The first-order chi connectivity index (χ1) is 13.2. The van der Waals surface area contributed by atoms with Crippen LogP contribution in [0.15, 0.2) is 23.5 Å². The van der Waals surface area contributed by atoms with Crippen LogP contribution in [0.25, 0.3) is 0 Å². The summed E-state index contributed by atoms with van der Waals surface area (Å²) in [6, 6.07) is 0.429. The van der Waals surface area contributed by atoms with Crippen LogP contribution < -0.4 is 5.32 Å². The molecular weight excluding hydrogens is 342 g/mol. The normalized spacial score (nSPS) is 35.6. The van der Waals surface area contributed by atoms with Gasteiger partial charge in [-0.25, -0.2) is 4.79 Å². The van der Waals surface area contributed by atoms with E-state index >= 15 is 0 Å². The molecule has 2 saturated heterocycles. The fraction of sp³-hybridized carbons (Fsp3) is 0.773. The first-order valence-corrected chi connectivity index (χ1v) is 10.7. The van der Waals surface area contributed by atoms with Gasteiger partial charge in [0, 0.05) is 30.6 Å². The molecule has 0 bridgehead atoms. The average Bonchev–Trinajstić information content (AvgIpc) is 3.38. The smallest absolute Gasteiger partial charge is 0.334 e. The number of ether oxygens (including phenoxy) is 3. The van der Waals surface area contributed by atoms with Gasteiger partial charge in [-0.3, -0.25) is 0 Å². The first kappa shape index (κ1) is 19.0. The minimum absolute atomic E-state index is 0.160. The minimum atomic E-state index is -0.160. The van der Waals surface area contributed by atoms with Gasteiger partial charge in [0.05, 0.1) is 19.0 Å². The lowest BCUT2D eigenvalue weighted by atomic mass is 9.79. The monoisotopic (exact) mass is 375 g/mol. The third-order valence-corrected chi connectivity index (χ3v) is 6.77. The molecule has 0 spiro atoms. The Hall–Kier alpha value is -1.33. The number of nitrogens with one attached hydrogen (secondary N) is 1. The van der Waals surface area contributed by atoms with E-state index < -0.39 is 0 Å². The summed E-state index contributed by atoms with van der Waals surface area (Å²) in [5.41, 5.74) is 1.20. The second-order valence-electron chi connectivity index (χ2n) is 8.70. The number of hydrogen-bond donors (Lipinski definition) is 1. The summed E-state index contributed by atoms with van der Waals surface area (Å²) >= 11 is 0. The van der Waals surface area contributed by atoms with Gasteiger partial charge in [0.15, 0.2) is 0 Å². The molecule has 150 valence electrons. The highest BCUT2D eigenvalue weighted by atomic mass is 16.5. The van der Waals surface area contributed by atoms with E-state index in [2.05, 4.69) is 12.2 Å². The lowest BCUT2D eigenvalue weighted by molar-refractivity contribution is -0.135. The van der Waals surface area contributed by atoms with Crippen LogP contribution in [-0.4, -0.2) is 44.5 Å². The molecule has 0 aromatic heterocycles. The van der Waals surface area contributed by atoms with Crippen molar-refractivity contribution in [3.8, 4) is 0 Å². The molecule has 4 aliphatic rings. The Morgan fingerprint density at radius 3 is 3.04 bits per heavy atom. The van der Waals surface area contributed by atoms with Crippen LogP contribution in [0, 0.1) is 11.3 Å². The Balaban J connectivity index is 1.28. The average molecular weight is 376 g/mol. The Kier molecular flexibility index (Phi) is 5.88. The highest BCUT2D eigenvalue weighted by molar-refractivity contribution is 5.91. The molecular formula is C22H33NO4. The summed E-state index contributed by atoms with van der Waals surface area (Å²) in [5.74, 6) is 1.03. The van der Waals surface area contributed by atoms with Crippen LogP contribution in [0.2, 0.25) is 0 Å². The van der Waals surface area contributed by atoms with Crippen molar-refractivity contribution < 1.29 is 19.0 Å². The molecule has 5 heteroatoms. The second-order valence-corrected chi connectivity index (χ2v) is 8.70. The molecule has 3 unspecified atom stereocenters. The highest BCUT2D eigenvalue weighted by Gasteiger charge is 2.37. The lowest BCUT2D eigenvalue weighted by Crippen LogP contribution is -2.39. The van der Waals surface area contributed by atoms with Crippen molar-refractivity contribution in [3.05, 3.63) is 23.5 Å². The fourth-order valence-electron chi connectivity index (χ4n) is 5.19. The van der Waals surface area contributed by atoms with Crippen LogP contribution in [0.3, 0.4) is 0 Å². The molecule has 27 heavy (non-hydrogen) atoms. The van der Waals surface area contributed by atoms with E-state index in [0.717, 1.165) is 43.9 Å². The van der Waals surface area contributed by atoms with Crippen molar-refractivity contribution in [2.24, 2.45) is 11.3 Å². The predicted molar refractivity (Wildman–Crippen MR) is 103 cm³/mol. The molecule has 1 N–H and O–H groups in total. The van der Waals surface area contributed by atoms with E-state index in [0.29, 0.717) is 18.1 Å². The van der Waals surface area contributed by atoms with Crippen LogP contribution in [0.1, 0.15) is 58.3 Å². The van der Waals surface area contributed by atoms with E-state index in [9.17, 15) is 4.79 Å². The van der Waals surface area contributed by atoms with E-state index in [4.69, 9.17) is 14.2 Å². The van der Waals surface area contributed by atoms with Gasteiger partial charge >= 0.3 is 5.97 Å². The van der Waals surface area contributed by atoms with Crippen molar-refractivity contribution in [3.63, 3.8) is 0 Å². The summed E-state index contributed by atoms with van der Waals surface area (Å²) in [4.78, 5) is 11.6. The third kappa shape index (κ3) is 4.24. The molecule has 4 rings (SSSR count). The summed E-state index contributed by atoms with van der Waals surface area (Å²) < 4.78 is 17.2. The Morgan fingerprint density at radius 2 is 2.22 bits per heavy atom. The number of allylic oxidation sites excluding steroid dienone is 3. The summed E-state index contributed by atoms with van der Waals surface area (Å²) in [6.45, 7) is 5.67. The van der Waals surface area contributed by atoms with Crippen molar-refractivity contribution in [1.82, 2.24) is 5.32 Å². The summed E-state index contributed by atoms with van der Waals surface area (Å²) in [6.07, 6.45) is 13.3. The first-order valence-electron chi connectivity index (χ1n) is 10.7. The topological polar surface area (TPSA) is 56.8 Å². The standard InChI is InChI=1S/C22H33NO4/c1-2-8-22(10-12-25-15-22)9-11-23-19-4-3-5-20(19)27-17-6-7-18-16(13-17)14-26-21(18)24/h6-7,16,19-20,23H,2-5,8-15H2,1H3/t16?,19?,20?,22-/m1/s1. The number of rotatable bonds is 8. The van der Waals surface area contributed by atoms with Gasteiger partial charge in [-0.1, -0.05) is 13.3 Å². The van der Waals surface area contributed by atoms with Gasteiger partial charge in [0.25, 0.3) is 0 Å². The van der Waals surface area contributed by atoms with Crippen LogP contribution >= 0.6 is 0 Å². The SMILES string of the molecule is CCC[C@@]1(CCNC2CCCC2OC2=CC=C3C(=O)OCC3C2)CCOC1. The maximum absolute atomic E-state index is 11.6. The Bertz CT molecular complexity index is 605. The zero-order chi connectivity index (χ0) is 18.7. The lowest BCUT2D eigenvalue weighted by Gasteiger charge is -2.30. The summed E-state index contributed by atoms with van der Waals surface area (Å²) in [5, 5.41) is 3.78. The van der Waals surface area contributed by atoms with E-state index in [1.54, 1.807) is 0 Å². The van der Waals surface area contributed by atoms with Gasteiger partial charge in [-0.2, -0.15) is 0 Å². The van der Waals surface area contributed by atoms with E-state index in [1.807, 2.05) is 12.2 Å². The van der Waals surface area contributed by atoms with E-state index in [1.165, 1.54) is 38.5 Å². The molecule has 5 nitrogen and oxygen atoms in total. The van der Waals surface area contributed by atoms with Gasteiger partial charge in [0.1, 0.15) is 6.10 Å². The molecule has 2 aliphatic carbocycles. The van der Waals surface area contributed by atoms with Crippen molar-refractivity contribution in [2.75, 3.05) is 26.4 Å². The molecule has 2 aliphatic heterocycles. The van der Waals surface area contributed by atoms with Gasteiger partial charge in [-0.05, 0) is 62.6 Å². The van der Waals surface area contributed by atoms with Crippen LogP contribution in [-0.2, 0) is 19.0 Å². The van der Waals surface area contributed by atoms with Crippen molar-refractivity contribution >= 4 is 5.97 Å². The largest absolute Gasteiger partial charge is 0.493 e. The second kappa shape index (κ2) is 8.36.